The predicted octanol–water partition coefficient (Wildman–Crippen LogP) is 1.65. The number of hydrogen-bond donors (Lipinski definition) is 4. The summed E-state index contributed by atoms with van der Waals surface area (Å²) < 4.78 is 5.15. The van der Waals surface area contributed by atoms with Gasteiger partial charge in [0.15, 0.2) is 11.5 Å². The third-order valence-electron chi connectivity index (χ3n) is 6.26. The molecule has 33 heavy (non-hydrogen) atoms. The number of nitrogens with zero attached hydrogens (tertiary/aromatic N) is 1. The number of hydrogen-bond acceptors (Lipinski definition) is 7. The third-order valence-corrected chi connectivity index (χ3v) is 6.26. The van der Waals surface area contributed by atoms with E-state index in [1.807, 2.05) is 0 Å². The molecule has 0 bridgehead atoms. The molecule has 2 aromatic rings. The van der Waals surface area contributed by atoms with E-state index in [9.17, 15) is 29.4 Å². The lowest BCUT2D eigenvalue weighted by molar-refractivity contribution is -0.147. The van der Waals surface area contributed by atoms with E-state index in [2.05, 4.69) is 10.6 Å². The number of imide groups is 1. The van der Waals surface area contributed by atoms with Gasteiger partial charge in [-0.1, -0.05) is 12.1 Å². The maximum Gasteiger partial charge on any atom is 0.324 e. The Bertz CT molecular complexity index is 1160. The van der Waals surface area contributed by atoms with Gasteiger partial charge >= 0.3 is 5.97 Å². The van der Waals surface area contributed by atoms with Crippen molar-refractivity contribution < 1.29 is 34.1 Å². The Kier molecular flexibility index (Phi) is 5.33. The maximum atomic E-state index is 13.5. The number of carboxylic acids is 1. The Morgan fingerprint density at radius 3 is 2.36 bits per heavy atom. The number of rotatable bonds is 5. The van der Waals surface area contributed by atoms with Crippen molar-refractivity contribution in [1.82, 2.24) is 5.32 Å². The summed E-state index contributed by atoms with van der Waals surface area (Å²) in [5.41, 5.74) is -0.738. The van der Waals surface area contributed by atoms with E-state index in [4.69, 9.17) is 4.74 Å². The Labute approximate surface area is 189 Å². The van der Waals surface area contributed by atoms with Crippen molar-refractivity contribution >= 4 is 35.1 Å². The lowest BCUT2D eigenvalue weighted by Crippen LogP contribution is -2.53. The minimum absolute atomic E-state index is 0.164. The average molecular weight is 453 g/mol. The van der Waals surface area contributed by atoms with Gasteiger partial charge in [-0.2, -0.15) is 0 Å². The zero-order valence-electron chi connectivity index (χ0n) is 18.2. The van der Waals surface area contributed by atoms with Crippen molar-refractivity contribution in [3.63, 3.8) is 0 Å². The number of carboxylic acid groups (broad SMARTS) is 1. The van der Waals surface area contributed by atoms with Crippen LogP contribution in [0.5, 0.6) is 11.5 Å². The van der Waals surface area contributed by atoms with Crippen molar-refractivity contribution in [2.24, 2.45) is 11.8 Å². The Balaban J connectivity index is 1.78. The molecule has 0 unspecified atom stereocenters. The molecule has 4 rings (SSSR count). The second-order valence-corrected chi connectivity index (χ2v) is 8.27. The van der Waals surface area contributed by atoms with E-state index < -0.39 is 41.2 Å². The zero-order chi connectivity index (χ0) is 24.1. The number of amides is 3. The smallest absolute Gasteiger partial charge is 0.324 e. The summed E-state index contributed by atoms with van der Waals surface area (Å²) in [4.78, 5) is 51.4. The largest absolute Gasteiger partial charge is 0.504 e. The number of aromatic hydroxyl groups is 1. The SMILES string of the molecule is COc1cccc([C@@H]2N[C@](C)(C(=O)O)[C@@H]3C(=O)N(c4ccc(NC(C)=O)cc4)C(=O)[C@@H]32)c1O. The first-order valence-electron chi connectivity index (χ1n) is 10.2. The number of phenolic OH excluding ortho intramolecular Hbond substituents is 1. The highest BCUT2D eigenvalue weighted by molar-refractivity contribution is 6.24. The van der Waals surface area contributed by atoms with Crippen LogP contribution in [0.2, 0.25) is 0 Å². The molecule has 2 fully saturated rings. The molecular weight excluding hydrogens is 430 g/mol. The number of ether oxygens (including phenoxy) is 1. The average Bonchev–Trinajstić information content (AvgIpc) is 3.22. The van der Waals surface area contributed by atoms with Gasteiger partial charge in [-0.3, -0.25) is 24.5 Å². The number of methoxy groups -OCH3 is 1. The lowest BCUT2D eigenvalue weighted by Gasteiger charge is -2.27. The second kappa shape index (κ2) is 7.89. The maximum absolute atomic E-state index is 13.5. The number of phenols is 1. The van der Waals surface area contributed by atoms with E-state index in [1.165, 1.54) is 39.2 Å². The van der Waals surface area contributed by atoms with Gasteiger partial charge in [0.1, 0.15) is 5.54 Å². The summed E-state index contributed by atoms with van der Waals surface area (Å²) >= 11 is 0. The Hall–Kier alpha value is -3.92. The van der Waals surface area contributed by atoms with Crippen LogP contribution >= 0.6 is 0 Å². The number of para-hydroxylation sites is 1. The van der Waals surface area contributed by atoms with Gasteiger partial charge in [0.25, 0.3) is 0 Å². The molecule has 2 aliphatic heterocycles. The molecule has 0 spiro atoms. The monoisotopic (exact) mass is 453 g/mol. The molecule has 0 aromatic heterocycles. The molecule has 4 atom stereocenters. The summed E-state index contributed by atoms with van der Waals surface area (Å²) in [5, 5.41) is 26.1. The van der Waals surface area contributed by atoms with Crippen molar-refractivity contribution in [2.45, 2.75) is 25.4 Å². The van der Waals surface area contributed by atoms with E-state index in [0.717, 1.165) is 4.90 Å². The van der Waals surface area contributed by atoms with Gasteiger partial charge in [-0.15, -0.1) is 0 Å². The number of carbonyl (C=O) groups is 4. The van der Waals surface area contributed by atoms with E-state index >= 15 is 0 Å². The van der Waals surface area contributed by atoms with Crippen molar-refractivity contribution in [1.29, 1.82) is 0 Å². The first kappa shape index (κ1) is 22.3. The summed E-state index contributed by atoms with van der Waals surface area (Å²) in [6.07, 6.45) is 0. The van der Waals surface area contributed by atoms with Crippen LogP contribution in [0.3, 0.4) is 0 Å². The number of fused-ring (bicyclic) bond motifs is 1. The minimum Gasteiger partial charge on any atom is -0.504 e. The van der Waals surface area contributed by atoms with Crippen LogP contribution in [0.15, 0.2) is 42.5 Å². The van der Waals surface area contributed by atoms with Gasteiger partial charge in [0, 0.05) is 24.2 Å². The Morgan fingerprint density at radius 2 is 1.79 bits per heavy atom. The summed E-state index contributed by atoms with van der Waals surface area (Å²) in [6.45, 7) is 2.72. The van der Waals surface area contributed by atoms with E-state index in [1.54, 1.807) is 24.3 Å². The van der Waals surface area contributed by atoms with E-state index in [0.29, 0.717) is 5.69 Å². The topological polar surface area (TPSA) is 145 Å². The van der Waals surface area contributed by atoms with Gasteiger partial charge in [0.2, 0.25) is 17.7 Å². The third kappa shape index (κ3) is 3.39. The van der Waals surface area contributed by atoms with Crippen molar-refractivity contribution in [3.8, 4) is 11.5 Å². The molecule has 2 aromatic carbocycles. The van der Waals surface area contributed by atoms with Crippen LogP contribution in [0.1, 0.15) is 25.5 Å². The normalized spacial score (nSPS) is 26.3. The fourth-order valence-electron chi connectivity index (χ4n) is 4.71. The summed E-state index contributed by atoms with van der Waals surface area (Å²) in [6, 6.07) is 9.87. The summed E-state index contributed by atoms with van der Waals surface area (Å²) in [7, 11) is 1.38. The molecule has 4 N–H and O–H groups in total. The molecule has 0 aliphatic carbocycles. The molecule has 0 saturated carbocycles. The number of anilines is 2. The number of nitrogens with one attached hydrogen (secondary N) is 2. The lowest BCUT2D eigenvalue weighted by atomic mass is 9.80. The van der Waals surface area contributed by atoms with Crippen LogP contribution in [0.25, 0.3) is 0 Å². The van der Waals surface area contributed by atoms with E-state index in [-0.39, 0.29) is 28.7 Å². The first-order valence-corrected chi connectivity index (χ1v) is 10.2. The van der Waals surface area contributed by atoms with Gasteiger partial charge in [0.05, 0.1) is 24.6 Å². The van der Waals surface area contributed by atoms with Gasteiger partial charge in [-0.05, 0) is 37.3 Å². The van der Waals surface area contributed by atoms with Crippen molar-refractivity contribution in [3.05, 3.63) is 48.0 Å². The highest BCUT2D eigenvalue weighted by Crippen LogP contribution is 2.51. The fourth-order valence-corrected chi connectivity index (χ4v) is 4.71. The van der Waals surface area contributed by atoms with Crippen LogP contribution in [0.4, 0.5) is 11.4 Å². The van der Waals surface area contributed by atoms with Crippen molar-refractivity contribution in [2.75, 3.05) is 17.3 Å². The van der Waals surface area contributed by atoms with Crippen LogP contribution in [0, 0.1) is 11.8 Å². The van der Waals surface area contributed by atoms with Crippen LogP contribution < -0.4 is 20.3 Å². The van der Waals surface area contributed by atoms with Gasteiger partial charge in [-0.25, -0.2) is 4.90 Å². The fraction of sp³-hybridized carbons (Fsp3) is 0.304. The zero-order valence-corrected chi connectivity index (χ0v) is 18.2. The molecule has 172 valence electrons. The van der Waals surface area contributed by atoms with Gasteiger partial charge < -0.3 is 20.3 Å². The van der Waals surface area contributed by atoms with Crippen LogP contribution in [-0.2, 0) is 19.2 Å². The number of aliphatic carboxylic acids is 1. The molecule has 10 nitrogen and oxygen atoms in total. The predicted molar refractivity (Wildman–Crippen MR) is 117 cm³/mol. The number of carbonyl (C=O) groups excluding carboxylic acids is 3. The molecule has 2 aliphatic rings. The second-order valence-electron chi connectivity index (χ2n) is 8.27. The minimum atomic E-state index is -1.75. The quantitative estimate of drug-likeness (QED) is 0.500. The molecule has 0 radical (unpaired) electrons. The standard InChI is InChI=1S/C23H23N3O7/c1-11(27)24-12-7-9-13(10-8-12)26-20(29)16-17(21(26)30)23(2,22(31)32)25-18(16)14-5-4-6-15(33-3)19(14)28/h4-10,16-18,25,28H,1-3H3,(H,24,27)(H,31,32)/t16-,17-,18-,23-/m0/s1. The molecule has 10 heteroatoms. The first-order chi connectivity index (χ1) is 15.6. The molecule has 3 amide bonds. The highest BCUT2D eigenvalue weighted by Gasteiger charge is 2.67. The molecule has 2 saturated heterocycles. The Morgan fingerprint density at radius 1 is 1.12 bits per heavy atom. The number of benzene rings is 2. The summed E-state index contributed by atoms with van der Waals surface area (Å²) in [5.74, 6) is -5.12. The van der Waals surface area contributed by atoms with Crippen LogP contribution in [-0.4, -0.2) is 46.6 Å². The highest BCUT2D eigenvalue weighted by atomic mass is 16.5. The molecular formula is C23H23N3O7. The molecule has 2 heterocycles.